The minimum Gasteiger partial charge on any atom is -0.481 e. The molecule has 3 heteroatoms. The topological polar surface area (TPSA) is 37.3 Å². The molecule has 0 fully saturated rings. The first-order chi connectivity index (χ1) is 8.29. The van der Waals surface area contributed by atoms with Gasteiger partial charge in [-0.05, 0) is 41.7 Å². The van der Waals surface area contributed by atoms with Crippen molar-refractivity contribution in [1.82, 2.24) is 0 Å². The number of hydrogen-bond donors (Lipinski definition) is 1. The van der Waals surface area contributed by atoms with E-state index in [4.69, 9.17) is 5.11 Å². The van der Waals surface area contributed by atoms with Gasteiger partial charge in [-0.25, -0.2) is 0 Å². The van der Waals surface area contributed by atoms with Crippen LogP contribution in [0.4, 0.5) is 0 Å². The zero-order valence-electron chi connectivity index (χ0n) is 11.5. The first-order valence-electron chi connectivity index (χ1n) is 6.52. The Morgan fingerprint density at radius 2 is 1.82 bits per heavy atom. The van der Waals surface area contributed by atoms with Gasteiger partial charge in [0.15, 0.2) is 0 Å². The molecule has 0 aromatic carbocycles. The van der Waals surface area contributed by atoms with Crippen LogP contribution in [-0.2, 0) is 11.2 Å². The molecule has 2 nitrogen and oxygen atoms in total. The fraction of sp³-hybridized carbons (Fsp3) is 0.643. The quantitative estimate of drug-likeness (QED) is 0.730. The third-order valence-corrected chi connectivity index (χ3v) is 2.67. The summed E-state index contributed by atoms with van der Waals surface area (Å²) < 4.78 is 0. The van der Waals surface area contributed by atoms with E-state index in [9.17, 15) is 4.79 Å². The standard InChI is InChI=1S/C10H14O2S.2C2H6/c11-10(12)5-3-1-2-4-9-6-7-13-8-9;2*1-2/h6-8H,1-5H2,(H,11,12);2*1-2H3. The molecule has 17 heavy (non-hydrogen) atoms. The van der Waals surface area contributed by atoms with Gasteiger partial charge in [-0.1, -0.05) is 34.1 Å². The number of unbranched alkanes of at least 4 members (excludes halogenated alkanes) is 2. The molecular formula is C14H26O2S. The second kappa shape index (κ2) is 15.2. The van der Waals surface area contributed by atoms with Gasteiger partial charge >= 0.3 is 5.97 Å². The van der Waals surface area contributed by atoms with Crippen molar-refractivity contribution < 1.29 is 9.90 Å². The molecule has 0 aliphatic heterocycles. The van der Waals surface area contributed by atoms with Gasteiger partial charge in [-0.15, -0.1) is 0 Å². The highest BCUT2D eigenvalue weighted by Crippen LogP contribution is 2.10. The Hall–Kier alpha value is -0.830. The van der Waals surface area contributed by atoms with Crippen molar-refractivity contribution in [2.24, 2.45) is 0 Å². The minimum atomic E-state index is -0.685. The first-order valence-corrected chi connectivity index (χ1v) is 7.46. The van der Waals surface area contributed by atoms with E-state index in [1.165, 1.54) is 5.56 Å². The molecule has 0 spiro atoms. The number of carbonyl (C=O) groups is 1. The van der Waals surface area contributed by atoms with E-state index in [1.807, 2.05) is 27.7 Å². The van der Waals surface area contributed by atoms with Crippen LogP contribution in [-0.4, -0.2) is 11.1 Å². The molecule has 0 radical (unpaired) electrons. The van der Waals surface area contributed by atoms with E-state index in [0.29, 0.717) is 6.42 Å². The van der Waals surface area contributed by atoms with Crippen LogP contribution >= 0.6 is 11.3 Å². The maximum atomic E-state index is 10.2. The summed E-state index contributed by atoms with van der Waals surface area (Å²) in [7, 11) is 0. The Balaban J connectivity index is 0. The molecule has 0 bridgehead atoms. The van der Waals surface area contributed by atoms with Crippen molar-refractivity contribution in [3.05, 3.63) is 22.4 Å². The van der Waals surface area contributed by atoms with Crippen LogP contribution in [0.15, 0.2) is 16.8 Å². The Labute approximate surface area is 110 Å². The molecule has 1 N–H and O–H groups in total. The monoisotopic (exact) mass is 258 g/mol. The van der Waals surface area contributed by atoms with Gasteiger partial charge in [0, 0.05) is 6.42 Å². The average Bonchev–Trinajstić information content (AvgIpc) is 2.86. The van der Waals surface area contributed by atoms with Crippen LogP contribution in [0.25, 0.3) is 0 Å². The fourth-order valence-electron chi connectivity index (χ4n) is 1.22. The summed E-state index contributed by atoms with van der Waals surface area (Å²) in [6.07, 6.45) is 4.32. The lowest BCUT2D eigenvalue weighted by Crippen LogP contribution is -1.93. The van der Waals surface area contributed by atoms with E-state index in [1.54, 1.807) is 11.3 Å². The number of hydrogen-bond acceptors (Lipinski definition) is 2. The van der Waals surface area contributed by atoms with Crippen molar-refractivity contribution in [2.45, 2.75) is 59.8 Å². The van der Waals surface area contributed by atoms with Crippen molar-refractivity contribution in [3.63, 3.8) is 0 Å². The Morgan fingerprint density at radius 1 is 1.18 bits per heavy atom. The highest BCUT2D eigenvalue weighted by molar-refractivity contribution is 7.07. The number of carboxylic acids is 1. The summed E-state index contributed by atoms with van der Waals surface area (Å²) in [5, 5.41) is 12.6. The van der Waals surface area contributed by atoms with Gasteiger partial charge in [-0.3, -0.25) is 4.79 Å². The lowest BCUT2D eigenvalue weighted by Gasteiger charge is -1.97. The Morgan fingerprint density at radius 3 is 2.29 bits per heavy atom. The fourth-order valence-corrected chi connectivity index (χ4v) is 1.92. The zero-order chi connectivity index (χ0) is 13.5. The molecule has 0 aliphatic carbocycles. The summed E-state index contributed by atoms with van der Waals surface area (Å²) in [5.41, 5.74) is 1.38. The van der Waals surface area contributed by atoms with Crippen LogP contribution in [0, 0.1) is 0 Å². The molecule has 1 heterocycles. The second-order valence-corrected chi connectivity index (χ2v) is 3.87. The summed E-state index contributed by atoms with van der Waals surface area (Å²) in [5.74, 6) is -0.685. The molecule has 0 aliphatic rings. The van der Waals surface area contributed by atoms with E-state index in [0.717, 1.165) is 25.7 Å². The molecule has 0 saturated carbocycles. The molecule has 0 atom stereocenters. The van der Waals surface area contributed by atoms with E-state index in [-0.39, 0.29) is 0 Å². The third kappa shape index (κ3) is 13.1. The van der Waals surface area contributed by atoms with Crippen LogP contribution in [0.5, 0.6) is 0 Å². The van der Waals surface area contributed by atoms with E-state index >= 15 is 0 Å². The lowest BCUT2D eigenvalue weighted by molar-refractivity contribution is -0.137. The van der Waals surface area contributed by atoms with Crippen molar-refractivity contribution in [1.29, 1.82) is 0 Å². The normalized spacial score (nSPS) is 8.47. The molecule has 1 aromatic heterocycles. The Kier molecular flexibility index (Phi) is 16.5. The molecule has 0 unspecified atom stereocenters. The summed E-state index contributed by atoms with van der Waals surface area (Å²) in [6, 6.07) is 2.13. The van der Waals surface area contributed by atoms with E-state index < -0.39 is 5.97 Å². The maximum Gasteiger partial charge on any atom is 0.303 e. The van der Waals surface area contributed by atoms with Crippen molar-refractivity contribution in [3.8, 4) is 0 Å². The summed E-state index contributed by atoms with van der Waals surface area (Å²) in [4.78, 5) is 10.2. The maximum absolute atomic E-state index is 10.2. The third-order valence-electron chi connectivity index (χ3n) is 1.94. The van der Waals surface area contributed by atoms with Crippen LogP contribution in [0.3, 0.4) is 0 Å². The predicted octanol–water partition coefficient (Wildman–Crippen LogP) is 4.99. The smallest absolute Gasteiger partial charge is 0.303 e. The molecule has 1 aromatic rings. The van der Waals surface area contributed by atoms with Gasteiger partial charge in [0.2, 0.25) is 0 Å². The average molecular weight is 258 g/mol. The highest BCUT2D eigenvalue weighted by Gasteiger charge is 1.97. The first kappa shape index (κ1) is 18.5. The Bertz CT molecular complexity index is 243. The van der Waals surface area contributed by atoms with Gasteiger partial charge in [0.1, 0.15) is 0 Å². The number of carboxylic acid groups (broad SMARTS) is 1. The van der Waals surface area contributed by atoms with Gasteiger partial charge in [0.05, 0.1) is 0 Å². The number of rotatable bonds is 6. The van der Waals surface area contributed by atoms with E-state index in [2.05, 4.69) is 16.8 Å². The number of aryl methyl sites for hydroxylation is 1. The van der Waals surface area contributed by atoms with Crippen molar-refractivity contribution in [2.75, 3.05) is 0 Å². The second-order valence-electron chi connectivity index (χ2n) is 3.09. The van der Waals surface area contributed by atoms with Crippen molar-refractivity contribution >= 4 is 17.3 Å². The van der Waals surface area contributed by atoms with Gasteiger partial charge in [0.25, 0.3) is 0 Å². The number of aliphatic carboxylic acids is 1. The zero-order valence-corrected chi connectivity index (χ0v) is 12.3. The van der Waals surface area contributed by atoms with Gasteiger partial charge in [-0.2, -0.15) is 11.3 Å². The van der Waals surface area contributed by atoms with Gasteiger partial charge < -0.3 is 5.11 Å². The molecular weight excluding hydrogens is 232 g/mol. The SMILES string of the molecule is CC.CC.O=C(O)CCCCCc1ccsc1. The largest absolute Gasteiger partial charge is 0.481 e. The lowest BCUT2D eigenvalue weighted by atomic mass is 10.1. The predicted molar refractivity (Wildman–Crippen MR) is 76.8 cm³/mol. The van der Waals surface area contributed by atoms with Crippen LogP contribution < -0.4 is 0 Å². The summed E-state index contributed by atoms with van der Waals surface area (Å²) >= 11 is 1.71. The molecule has 1 rings (SSSR count). The number of thiophene rings is 1. The van der Waals surface area contributed by atoms with Crippen LogP contribution in [0.1, 0.15) is 58.9 Å². The highest BCUT2D eigenvalue weighted by atomic mass is 32.1. The molecule has 100 valence electrons. The van der Waals surface area contributed by atoms with Crippen LogP contribution in [0.2, 0.25) is 0 Å². The summed E-state index contributed by atoms with van der Waals surface area (Å²) in [6.45, 7) is 8.00. The molecule has 0 saturated heterocycles. The minimum absolute atomic E-state index is 0.309. The molecule has 0 amide bonds.